The zero-order valence-corrected chi connectivity index (χ0v) is 15.5. The quantitative estimate of drug-likeness (QED) is 0.581. The Morgan fingerprint density at radius 3 is 2.79 bits per heavy atom. The summed E-state index contributed by atoms with van der Waals surface area (Å²) in [5.74, 6) is -0.305. The summed E-state index contributed by atoms with van der Waals surface area (Å²) in [6, 6.07) is 0. The van der Waals surface area contributed by atoms with E-state index in [0.717, 1.165) is 37.9 Å². The molecule has 0 spiro atoms. The van der Waals surface area contributed by atoms with Gasteiger partial charge in [-0.25, -0.2) is 4.79 Å². The van der Waals surface area contributed by atoms with Crippen LogP contribution in [0.5, 0.6) is 0 Å². The second-order valence-corrected chi connectivity index (χ2v) is 6.25. The van der Waals surface area contributed by atoms with E-state index in [-0.39, 0.29) is 30.7 Å². The van der Waals surface area contributed by atoms with Crippen molar-refractivity contribution in [3.8, 4) is 0 Å². The number of ether oxygens (including phenoxy) is 4. The molecule has 0 aromatic rings. The van der Waals surface area contributed by atoms with E-state index in [0.29, 0.717) is 6.61 Å². The van der Waals surface area contributed by atoms with E-state index in [9.17, 15) is 4.79 Å². The lowest BCUT2D eigenvalue weighted by molar-refractivity contribution is -0.151. The van der Waals surface area contributed by atoms with Gasteiger partial charge in [-0.2, -0.15) is 0 Å². The van der Waals surface area contributed by atoms with Gasteiger partial charge < -0.3 is 18.9 Å². The van der Waals surface area contributed by atoms with Gasteiger partial charge in [0.25, 0.3) is 0 Å². The number of carbonyl (C=O) groups excluding carboxylic acids is 1. The van der Waals surface area contributed by atoms with Crippen molar-refractivity contribution >= 4 is 5.97 Å². The van der Waals surface area contributed by atoms with Gasteiger partial charge in [0.05, 0.1) is 19.8 Å². The van der Waals surface area contributed by atoms with Crippen LogP contribution in [0.1, 0.15) is 39.5 Å². The smallest absolute Gasteiger partial charge is 0.331 e. The van der Waals surface area contributed by atoms with Gasteiger partial charge in [0.2, 0.25) is 0 Å². The molecule has 0 saturated heterocycles. The van der Waals surface area contributed by atoms with Gasteiger partial charge in [0.15, 0.2) is 0 Å². The zero-order valence-electron chi connectivity index (χ0n) is 15.5. The standard InChI is InChI=1S/C19H32O5/c1-15-12-16(2)19(24-14-18(20)22-4)17(21-3)10-8-6-5-7-9-11-23-13-15/h8,10,12,16-17,19H,5-7,9,11,13-14H2,1-4H3/t16-,17+,19+/m1/s1. The molecule has 0 amide bonds. The summed E-state index contributed by atoms with van der Waals surface area (Å²) in [6.07, 6.45) is 10.2. The predicted octanol–water partition coefficient (Wildman–Crippen LogP) is 3.29. The molecule has 0 aromatic carbocycles. The molecule has 5 heteroatoms. The number of esters is 1. The van der Waals surface area contributed by atoms with Gasteiger partial charge in [0.1, 0.15) is 12.7 Å². The highest BCUT2D eigenvalue weighted by Gasteiger charge is 2.26. The SMILES string of the molecule is COC(=O)CO[C@H]1[C@H](C)C=C(C)COCCCCCC=C[C@@H]1OC. The van der Waals surface area contributed by atoms with E-state index < -0.39 is 0 Å². The maximum absolute atomic E-state index is 11.4. The van der Waals surface area contributed by atoms with Crippen molar-refractivity contribution in [2.75, 3.05) is 34.0 Å². The number of allylic oxidation sites excluding steroid dienone is 1. The molecule has 0 N–H and O–H groups in total. The number of hydrogen-bond acceptors (Lipinski definition) is 5. The molecule has 0 fully saturated rings. The minimum absolute atomic E-state index is 0.0794. The molecule has 1 heterocycles. The van der Waals surface area contributed by atoms with Crippen LogP contribution >= 0.6 is 0 Å². The highest BCUT2D eigenvalue weighted by molar-refractivity contribution is 5.70. The Labute approximate surface area is 146 Å². The summed E-state index contributed by atoms with van der Waals surface area (Å²) in [5, 5.41) is 0. The fraction of sp³-hybridized carbons (Fsp3) is 0.737. The topological polar surface area (TPSA) is 54.0 Å². The second kappa shape index (κ2) is 12.2. The van der Waals surface area contributed by atoms with Gasteiger partial charge >= 0.3 is 5.97 Å². The zero-order chi connectivity index (χ0) is 17.8. The summed E-state index contributed by atoms with van der Waals surface area (Å²) < 4.78 is 21.8. The van der Waals surface area contributed by atoms with Gasteiger partial charge in [-0.15, -0.1) is 0 Å². The molecule has 1 aliphatic rings. The Morgan fingerprint density at radius 2 is 2.08 bits per heavy atom. The summed E-state index contributed by atoms with van der Waals surface area (Å²) in [4.78, 5) is 11.4. The summed E-state index contributed by atoms with van der Waals surface area (Å²) in [5.41, 5.74) is 1.16. The Kier molecular flexibility index (Phi) is 10.6. The Bertz CT molecular complexity index is 416. The molecule has 1 rings (SSSR count). The average molecular weight is 340 g/mol. The average Bonchev–Trinajstić information content (AvgIpc) is 2.57. The minimum Gasteiger partial charge on any atom is -0.467 e. The summed E-state index contributed by atoms with van der Waals surface area (Å²) in [6.45, 7) is 5.46. The minimum atomic E-state index is -0.385. The van der Waals surface area contributed by atoms with E-state index in [1.807, 2.05) is 6.08 Å². The largest absolute Gasteiger partial charge is 0.467 e. The number of methoxy groups -OCH3 is 2. The lowest BCUT2D eigenvalue weighted by atomic mass is 9.96. The first-order valence-corrected chi connectivity index (χ1v) is 8.71. The van der Waals surface area contributed by atoms with Crippen LogP contribution in [0.2, 0.25) is 0 Å². The first kappa shape index (κ1) is 20.9. The maximum Gasteiger partial charge on any atom is 0.331 e. The molecule has 138 valence electrons. The van der Waals surface area contributed by atoms with Gasteiger partial charge in [-0.05, 0) is 26.2 Å². The molecule has 0 bridgehead atoms. The third kappa shape index (κ3) is 8.08. The summed E-state index contributed by atoms with van der Waals surface area (Å²) >= 11 is 0. The Hall–Kier alpha value is -1.17. The third-order valence-electron chi connectivity index (χ3n) is 4.10. The van der Waals surface area contributed by atoms with Crippen molar-refractivity contribution in [1.82, 2.24) is 0 Å². The monoisotopic (exact) mass is 340 g/mol. The highest BCUT2D eigenvalue weighted by Crippen LogP contribution is 2.19. The normalized spacial score (nSPS) is 27.2. The lowest BCUT2D eigenvalue weighted by Crippen LogP contribution is -2.36. The molecular formula is C19H32O5. The van der Waals surface area contributed by atoms with E-state index in [4.69, 9.17) is 14.2 Å². The van der Waals surface area contributed by atoms with E-state index in [1.54, 1.807) is 7.11 Å². The van der Waals surface area contributed by atoms with Crippen LogP contribution in [-0.2, 0) is 23.7 Å². The van der Waals surface area contributed by atoms with Crippen LogP contribution in [0.4, 0.5) is 0 Å². The van der Waals surface area contributed by atoms with Crippen LogP contribution in [0, 0.1) is 5.92 Å². The fourth-order valence-electron chi connectivity index (χ4n) is 2.79. The van der Waals surface area contributed by atoms with Crippen molar-refractivity contribution in [1.29, 1.82) is 0 Å². The van der Waals surface area contributed by atoms with Crippen molar-refractivity contribution in [2.24, 2.45) is 5.92 Å². The van der Waals surface area contributed by atoms with Crippen LogP contribution in [0.15, 0.2) is 23.8 Å². The Balaban J connectivity index is 2.89. The van der Waals surface area contributed by atoms with Crippen molar-refractivity contribution < 1.29 is 23.7 Å². The molecule has 1 aliphatic heterocycles. The van der Waals surface area contributed by atoms with Crippen LogP contribution in [-0.4, -0.2) is 52.2 Å². The van der Waals surface area contributed by atoms with Crippen LogP contribution in [0.25, 0.3) is 0 Å². The van der Waals surface area contributed by atoms with Crippen LogP contribution in [0.3, 0.4) is 0 Å². The van der Waals surface area contributed by atoms with Gasteiger partial charge in [-0.1, -0.05) is 37.1 Å². The molecule has 0 aliphatic carbocycles. The number of carbonyl (C=O) groups is 1. The van der Waals surface area contributed by atoms with Gasteiger partial charge in [0, 0.05) is 19.6 Å². The second-order valence-electron chi connectivity index (χ2n) is 6.25. The van der Waals surface area contributed by atoms with Crippen molar-refractivity contribution in [2.45, 2.75) is 51.7 Å². The molecule has 5 nitrogen and oxygen atoms in total. The molecule has 0 saturated carbocycles. The third-order valence-corrected chi connectivity index (χ3v) is 4.10. The van der Waals surface area contributed by atoms with E-state index in [1.165, 1.54) is 7.11 Å². The first-order valence-electron chi connectivity index (χ1n) is 8.71. The number of rotatable bonds is 4. The highest BCUT2D eigenvalue weighted by atomic mass is 16.6. The molecule has 0 unspecified atom stereocenters. The fourth-order valence-corrected chi connectivity index (χ4v) is 2.79. The Morgan fingerprint density at radius 1 is 1.29 bits per heavy atom. The molecular weight excluding hydrogens is 308 g/mol. The number of hydrogen-bond donors (Lipinski definition) is 0. The van der Waals surface area contributed by atoms with E-state index in [2.05, 4.69) is 30.7 Å². The molecule has 0 aromatic heterocycles. The van der Waals surface area contributed by atoms with Crippen LogP contribution < -0.4 is 0 Å². The maximum atomic E-state index is 11.4. The summed E-state index contributed by atoms with van der Waals surface area (Å²) in [7, 11) is 3.02. The van der Waals surface area contributed by atoms with E-state index >= 15 is 0 Å². The van der Waals surface area contributed by atoms with Crippen molar-refractivity contribution in [3.05, 3.63) is 23.8 Å². The molecule has 0 radical (unpaired) electrons. The lowest BCUT2D eigenvalue weighted by Gasteiger charge is -2.28. The first-order chi connectivity index (χ1) is 11.6. The molecule has 3 atom stereocenters. The van der Waals surface area contributed by atoms with Crippen molar-refractivity contribution in [3.63, 3.8) is 0 Å². The molecule has 24 heavy (non-hydrogen) atoms. The predicted molar refractivity (Wildman–Crippen MR) is 93.9 cm³/mol. The van der Waals surface area contributed by atoms with Gasteiger partial charge in [-0.3, -0.25) is 0 Å².